The molecule has 33 heavy (non-hydrogen) atoms. The molecule has 6 nitrogen and oxygen atoms in total. The second-order valence-corrected chi connectivity index (χ2v) is 11.3. The molecule has 2 aromatic rings. The van der Waals surface area contributed by atoms with Gasteiger partial charge in [-0.25, -0.2) is 0 Å². The third-order valence-corrected chi connectivity index (χ3v) is 8.08. The van der Waals surface area contributed by atoms with Crippen molar-refractivity contribution in [3.8, 4) is 0 Å². The summed E-state index contributed by atoms with van der Waals surface area (Å²) in [6.07, 6.45) is 5.78. The van der Waals surface area contributed by atoms with Gasteiger partial charge in [0.25, 0.3) is 17.1 Å². The maximum atomic E-state index is 9.64. The first kappa shape index (κ1) is 28.6. The lowest BCUT2D eigenvalue weighted by molar-refractivity contribution is 0.0762. The van der Waals surface area contributed by atoms with Crippen LogP contribution in [0.3, 0.4) is 0 Å². The van der Waals surface area contributed by atoms with Gasteiger partial charge in [0.05, 0.1) is 11.2 Å². The zero-order valence-electron chi connectivity index (χ0n) is 19.6. The van der Waals surface area contributed by atoms with Gasteiger partial charge < -0.3 is 18.8 Å². The number of hydrogen-bond acceptors (Lipinski definition) is 7. The third kappa shape index (κ3) is 10.3. The predicted octanol–water partition coefficient (Wildman–Crippen LogP) is 6.28. The van der Waals surface area contributed by atoms with Crippen molar-refractivity contribution in [2.75, 3.05) is 11.5 Å². The lowest BCUT2D eigenvalue weighted by Crippen LogP contribution is -2.25. The van der Waals surface area contributed by atoms with E-state index in [0.717, 1.165) is 61.2 Å². The highest BCUT2D eigenvalue weighted by molar-refractivity contribution is 7.99. The molecule has 0 heterocycles. The molecule has 9 heteroatoms. The van der Waals surface area contributed by atoms with Gasteiger partial charge in [-0.15, -0.1) is 0 Å². The van der Waals surface area contributed by atoms with Gasteiger partial charge in [-0.3, -0.25) is 11.0 Å². The molecule has 0 aliphatic heterocycles. The molecule has 0 saturated heterocycles. The molecule has 2 rings (SSSR count). The number of rotatable bonds is 16. The normalized spacial score (nSPS) is 17.2. The van der Waals surface area contributed by atoms with Gasteiger partial charge in [0.2, 0.25) is 0 Å². The quantitative estimate of drug-likeness (QED) is 0.155. The van der Waals surface area contributed by atoms with Gasteiger partial charge in [-0.05, 0) is 75.0 Å². The number of nitrogens with two attached hydrogens (primary N) is 2. The van der Waals surface area contributed by atoms with Gasteiger partial charge in [0, 0.05) is 0 Å². The summed E-state index contributed by atoms with van der Waals surface area (Å²) in [5.41, 5.74) is 12.1. The molecule has 0 aromatic heterocycles. The molecule has 0 aliphatic carbocycles. The van der Waals surface area contributed by atoms with Crippen molar-refractivity contribution >= 4 is 28.8 Å². The van der Waals surface area contributed by atoms with Crippen molar-refractivity contribution in [3.63, 3.8) is 0 Å². The molecule has 0 amide bonds. The zero-order valence-corrected chi connectivity index (χ0v) is 22.2. The van der Waals surface area contributed by atoms with E-state index in [2.05, 4.69) is 0 Å². The number of benzene rings is 2. The van der Waals surface area contributed by atoms with E-state index in [1.54, 1.807) is 0 Å². The van der Waals surface area contributed by atoms with Crippen molar-refractivity contribution in [3.05, 3.63) is 71.8 Å². The Hall–Kier alpha value is -0.590. The van der Waals surface area contributed by atoms with Gasteiger partial charge >= 0.3 is 0 Å². The number of thioether (sulfide) groups is 1. The van der Waals surface area contributed by atoms with Gasteiger partial charge in [0.1, 0.15) is 0 Å². The van der Waals surface area contributed by atoms with Gasteiger partial charge in [-0.1, -0.05) is 60.7 Å². The molecule has 0 bridgehead atoms. The molecule has 0 spiro atoms. The predicted molar refractivity (Wildman–Crippen MR) is 141 cm³/mol. The fraction of sp³-hybridized carbons (Fsp3) is 0.500. The summed E-state index contributed by atoms with van der Waals surface area (Å²) in [5, 5.41) is 0. The first-order valence-electron chi connectivity index (χ1n) is 11.3. The fourth-order valence-corrected chi connectivity index (χ4v) is 6.15. The van der Waals surface area contributed by atoms with E-state index in [9.17, 15) is 9.79 Å². The van der Waals surface area contributed by atoms with E-state index >= 15 is 0 Å². The highest BCUT2D eigenvalue weighted by atomic mass is 32.2. The standard InChI is InChI=1S/C24H38N2O4P2S/c1-23(29-31(25)27,21-13-5-3-6-14-21)17-9-11-19-33-20-12-10-18-24(2,30-32(26)28)22-15-7-4-8-16-22/h3-8,13-16,27-28H,9-12,17-20,25-26H2,1-2H3. The average Bonchev–Trinajstić information content (AvgIpc) is 2.78. The highest BCUT2D eigenvalue weighted by Gasteiger charge is 2.30. The summed E-state index contributed by atoms with van der Waals surface area (Å²) in [6.45, 7) is 4.00. The van der Waals surface area contributed by atoms with E-state index in [1.165, 1.54) is 0 Å². The van der Waals surface area contributed by atoms with E-state index < -0.39 is 28.3 Å². The molecule has 6 N–H and O–H groups in total. The second kappa shape index (κ2) is 14.7. The van der Waals surface area contributed by atoms with Crippen LogP contribution in [0.5, 0.6) is 0 Å². The average molecular weight is 513 g/mol. The van der Waals surface area contributed by atoms with Crippen molar-refractivity contribution < 1.29 is 18.8 Å². The molecule has 0 radical (unpaired) electrons. The number of hydrogen-bond donors (Lipinski definition) is 4. The van der Waals surface area contributed by atoms with Gasteiger partial charge in [0.15, 0.2) is 0 Å². The van der Waals surface area contributed by atoms with E-state index in [1.807, 2.05) is 86.3 Å². The first-order valence-corrected chi connectivity index (χ1v) is 15.0. The SMILES string of the molecule is CC(CCCCSCCCCC(C)(OP(N)O)c1ccccc1)(OP(N)O)c1ccccc1. The molecule has 0 saturated carbocycles. The Morgan fingerprint density at radius 1 is 0.697 bits per heavy atom. The topological polar surface area (TPSA) is 111 Å². The summed E-state index contributed by atoms with van der Waals surface area (Å²) < 4.78 is 11.5. The smallest absolute Gasteiger partial charge is 0.251 e. The van der Waals surface area contributed by atoms with Crippen LogP contribution in [0.1, 0.15) is 63.5 Å². The molecular weight excluding hydrogens is 474 g/mol. The Morgan fingerprint density at radius 2 is 1.06 bits per heavy atom. The minimum absolute atomic E-state index is 0.571. The monoisotopic (exact) mass is 512 g/mol. The Bertz CT molecular complexity index is 723. The van der Waals surface area contributed by atoms with Crippen LogP contribution >= 0.6 is 28.8 Å². The van der Waals surface area contributed by atoms with Crippen molar-refractivity contribution in [2.45, 2.75) is 63.6 Å². The summed E-state index contributed by atoms with van der Waals surface area (Å²) in [7, 11) is -3.83. The largest absolute Gasteiger partial charge is 0.338 e. The molecule has 4 unspecified atom stereocenters. The third-order valence-electron chi connectivity index (χ3n) is 5.74. The maximum Gasteiger partial charge on any atom is 0.251 e. The molecule has 184 valence electrons. The summed E-state index contributed by atoms with van der Waals surface area (Å²) in [6, 6.07) is 19.9. The van der Waals surface area contributed by atoms with E-state index in [4.69, 9.17) is 20.1 Å². The van der Waals surface area contributed by atoms with Crippen LogP contribution in [0.15, 0.2) is 60.7 Å². The Morgan fingerprint density at radius 3 is 1.39 bits per heavy atom. The molecule has 2 aromatic carbocycles. The van der Waals surface area contributed by atoms with Gasteiger partial charge in [-0.2, -0.15) is 11.8 Å². The molecule has 0 fully saturated rings. The molecular formula is C24H38N2O4P2S. The fourth-order valence-electron chi connectivity index (χ4n) is 3.91. The first-order chi connectivity index (χ1) is 15.8. The Labute approximate surface area is 205 Å². The number of unbranched alkanes of at least 4 members (excludes halogenated alkanes) is 2. The molecule has 0 aliphatic rings. The zero-order chi connectivity index (χ0) is 24.2. The van der Waals surface area contributed by atoms with Crippen LogP contribution in [0.4, 0.5) is 0 Å². The lowest BCUT2D eigenvalue weighted by atomic mass is 9.91. The van der Waals surface area contributed by atoms with Crippen LogP contribution in [-0.2, 0) is 20.2 Å². The summed E-state index contributed by atoms with van der Waals surface area (Å²) in [4.78, 5) is 19.3. The summed E-state index contributed by atoms with van der Waals surface area (Å²) >= 11 is 1.95. The van der Waals surface area contributed by atoms with E-state index in [-0.39, 0.29) is 0 Å². The summed E-state index contributed by atoms with van der Waals surface area (Å²) in [5.74, 6) is 2.16. The van der Waals surface area contributed by atoms with E-state index in [0.29, 0.717) is 0 Å². The van der Waals surface area contributed by atoms with Crippen molar-refractivity contribution in [2.24, 2.45) is 11.0 Å². The van der Waals surface area contributed by atoms with Crippen LogP contribution in [-0.4, -0.2) is 21.3 Å². The van der Waals surface area contributed by atoms with Crippen LogP contribution in [0, 0.1) is 0 Å². The highest BCUT2D eigenvalue weighted by Crippen LogP contribution is 2.41. The molecule has 4 atom stereocenters. The lowest BCUT2D eigenvalue weighted by Gasteiger charge is -2.31. The van der Waals surface area contributed by atoms with Crippen LogP contribution in [0.25, 0.3) is 0 Å². The van der Waals surface area contributed by atoms with Crippen LogP contribution in [0.2, 0.25) is 0 Å². The van der Waals surface area contributed by atoms with Crippen molar-refractivity contribution in [1.82, 2.24) is 0 Å². The minimum Gasteiger partial charge on any atom is -0.338 e. The maximum absolute atomic E-state index is 9.64. The Kier molecular flexibility index (Phi) is 12.8. The van der Waals surface area contributed by atoms with Crippen molar-refractivity contribution in [1.29, 1.82) is 0 Å². The second-order valence-electron chi connectivity index (χ2n) is 8.51. The van der Waals surface area contributed by atoms with Crippen LogP contribution < -0.4 is 11.0 Å². The Balaban J connectivity index is 1.68. The minimum atomic E-state index is -1.92.